The summed E-state index contributed by atoms with van der Waals surface area (Å²) < 4.78 is 12.5. The Morgan fingerprint density at radius 3 is 2.24 bits per heavy atom. The van der Waals surface area contributed by atoms with Gasteiger partial charge < -0.3 is 19.4 Å². The topological polar surface area (TPSA) is 95.3 Å². The smallest absolute Gasteiger partial charge is 0.338 e. The van der Waals surface area contributed by atoms with E-state index in [0.29, 0.717) is 22.0 Å². The van der Waals surface area contributed by atoms with Crippen molar-refractivity contribution in [3.63, 3.8) is 0 Å². The van der Waals surface area contributed by atoms with Gasteiger partial charge in [0, 0.05) is 22.8 Å². The molecule has 9 heteroatoms. The molecule has 0 aliphatic heterocycles. The van der Waals surface area contributed by atoms with Crippen molar-refractivity contribution in [2.45, 2.75) is 20.5 Å². The lowest BCUT2D eigenvalue weighted by atomic mass is 10.2. The molecule has 8 nitrogen and oxygen atoms in total. The van der Waals surface area contributed by atoms with Crippen LogP contribution in [0.5, 0.6) is 5.75 Å². The summed E-state index contributed by atoms with van der Waals surface area (Å²) in [6.45, 7) is 4.00. The highest BCUT2D eigenvalue weighted by molar-refractivity contribution is 7.13. The van der Waals surface area contributed by atoms with Crippen LogP contribution < -0.4 is 10.1 Å². The van der Waals surface area contributed by atoms with Crippen LogP contribution in [0.25, 0.3) is 5.69 Å². The maximum absolute atomic E-state index is 12.4. The molecule has 4 rings (SSSR count). The molecule has 2 heterocycles. The lowest BCUT2D eigenvalue weighted by Gasteiger charge is -2.10. The van der Waals surface area contributed by atoms with E-state index in [-0.39, 0.29) is 17.5 Å². The van der Waals surface area contributed by atoms with E-state index < -0.39 is 5.97 Å². The summed E-state index contributed by atoms with van der Waals surface area (Å²) in [5, 5.41) is 11.2. The van der Waals surface area contributed by atoms with Crippen molar-refractivity contribution < 1.29 is 19.1 Å². The third kappa shape index (κ3) is 5.09. The van der Waals surface area contributed by atoms with Gasteiger partial charge in [-0.15, -0.1) is 10.2 Å². The van der Waals surface area contributed by atoms with Gasteiger partial charge in [-0.2, -0.15) is 0 Å². The van der Waals surface area contributed by atoms with Gasteiger partial charge in [-0.3, -0.25) is 4.79 Å². The SMILES string of the molecule is COc1ccc(NC(=O)c2nnc(COC(=O)c3ccc(-n4c(C)ccc4C)cc3)s2)cc1. The summed E-state index contributed by atoms with van der Waals surface area (Å²) >= 11 is 1.07. The summed E-state index contributed by atoms with van der Waals surface area (Å²) in [5.41, 5.74) is 4.25. The number of nitrogens with zero attached hydrogens (tertiary/aromatic N) is 3. The van der Waals surface area contributed by atoms with E-state index in [1.54, 1.807) is 43.5 Å². The van der Waals surface area contributed by atoms with Crippen molar-refractivity contribution in [2.24, 2.45) is 0 Å². The molecule has 0 radical (unpaired) electrons. The first-order valence-electron chi connectivity index (χ1n) is 10.1. The molecule has 168 valence electrons. The Labute approximate surface area is 194 Å². The summed E-state index contributed by atoms with van der Waals surface area (Å²) in [4.78, 5) is 24.8. The second-order valence-electron chi connectivity index (χ2n) is 7.26. The van der Waals surface area contributed by atoms with Crippen molar-refractivity contribution in [3.8, 4) is 11.4 Å². The quantitative estimate of drug-likeness (QED) is 0.405. The number of rotatable bonds is 7. The molecule has 4 aromatic rings. The number of methoxy groups -OCH3 is 1. The third-order valence-corrected chi connectivity index (χ3v) is 5.86. The lowest BCUT2D eigenvalue weighted by Crippen LogP contribution is -2.11. The van der Waals surface area contributed by atoms with Gasteiger partial charge in [0.05, 0.1) is 12.7 Å². The predicted molar refractivity (Wildman–Crippen MR) is 125 cm³/mol. The molecule has 0 saturated heterocycles. The molecule has 2 aromatic carbocycles. The summed E-state index contributed by atoms with van der Waals surface area (Å²) in [5.74, 6) is -0.166. The largest absolute Gasteiger partial charge is 0.497 e. The molecule has 2 aromatic heterocycles. The zero-order valence-electron chi connectivity index (χ0n) is 18.4. The first-order chi connectivity index (χ1) is 15.9. The van der Waals surface area contributed by atoms with Crippen LogP contribution in [-0.2, 0) is 11.3 Å². The molecular weight excluding hydrogens is 440 g/mol. The van der Waals surface area contributed by atoms with Gasteiger partial charge in [-0.1, -0.05) is 11.3 Å². The van der Waals surface area contributed by atoms with Gasteiger partial charge in [0.2, 0.25) is 5.01 Å². The highest BCUT2D eigenvalue weighted by atomic mass is 32.1. The fourth-order valence-electron chi connectivity index (χ4n) is 3.30. The second kappa shape index (κ2) is 9.66. The number of esters is 1. The minimum absolute atomic E-state index is 0.0656. The maximum Gasteiger partial charge on any atom is 0.338 e. The van der Waals surface area contributed by atoms with Crippen LogP contribution in [0.4, 0.5) is 5.69 Å². The van der Waals surface area contributed by atoms with E-state index in [0.717, 1.165) is 28.4 Å². The first-order valence-corrected chi connectivity index (χ1v) is 11.0. The Balaban J connectivity index is 1.34. The van der Waals surface area contributed by atoms with Gasteiger partial charge in [-0.25, -0.2) is 4.79 Å². The van der Waals surface area contributed by atoms with E-state index in [2.05, 4.69) is 20.1 Å². The summed E-state index contributed by atoms with van der Waals surface area (Å²) in [6.07, 6.45) is 0. The van der Waals surface area contributed by atoms with Gasteiger partial charge >= 0.3 is 5.97 Å². The standard InChI is InChI=1S/C24H22N4O4S/c1-15-4-5-16(2)28(15)19-10-6-17(7-11-19)24(30)32-14-21-26-27-23(33-21)22(29)25-18-8-12-20(31-3)13-9-18/h4-13H,14H2,1-3H3,(H,25,29). The molecule has 1 N–H and O–H groups in total. The Hall–Kier alpha value is -3.98. The van der Waals surface area contributed by atoms with Crippen LogP contribution in [0.15, 0.2) is 60.7 Å². The number of aryl methyl sites for hydroxylation is 2. The Morgan fingerprint density at radius 2 is 1.61 bits per heavy atom. The molecule has 33 heavy (non-hydrogen) atoms. The normalized spacial score (nSPS) is 10.6. The summed E-state index contributed by atoms with van der Waals surface area (Å²) in [7, 11) is 1.57. The average Bonchev–Trinajstić information content (AvgIpc) is 3.44. The minimum Gasteiger partial charge on any atom is -0.497 e. The lowest BCUT2D eigenvalue weighted by molar-refractivity contribution is 0.0471. The van der Waals surface area contributed by atoms with Gasteiger partial charge in [0.15, 0.2) is 5.01 Å². The van der Waals surface area contributed by atoms with E-state index in [1.165, 1.54) is 0 Å². The van der Waals surface area contributed by atoms with Crippen molar-refractivity contribution in [1.29, 1.82) is 0 Å². The number of hydrogen-bond donors (Lipinski definition) is 1. The summed E-state index contributed by atoms with van der Waals surface area (Å²) in [6, 6.07) is 18.2. The molecule has 0 aliphatic rings. The Bertz CT molecular complexity index is 1260. The number of benzene rings is 2. The van der Waals surface area contributed by atoms with Gasteiger partial charge in [-0.05, 0) is 74.5 Å². The predicted octanol–water partition coefficient (Wildman–Crippen LogP) is 4.56. The molecular formula is C24H22N4O4S. The molecule has 0 aliphatic carbocycles. The average molecular weight is 463 g/mol. The van der Waals surface area contributed by atoms with Crippen molar-refractivity contribution >= 4 is 28.9 Å². The van der Waals surface area contributed by atoms with E-state index in [1.807, 2.05) is 38.1 Å². The van der Waals surface area contributed by atoms with E-state index in [9.17, 15) is 9.59 Å². The van der Waals surface area contributed by atoms with E-state index >= 15 is 0 Å². The third-order valence-electron chi connectivity index (χ3n) is 4.97. The number of carbonyl (C=O) groups is 2. The van der Waals surface area contributed by atoms with E-state index in [4.69, 9.17) is 9.47 Å². The van der Waals surface area contributed by atoms with Gasteiger partial charge in [0.1, 0.15) is 12.4 Å². The molecule has 0 bridgehead atoms. The molecule has 0 atom stereocenters. The highest BCUT2D eigenvalue weighted by Gasteiger charge is 2.15. The number of ether oxygens (including phenoxy) is 2. The molecule has 0 spiro atoms. The second-order valence-corrected chi connectivity index (χ2v) is 8.32. The van der Waals surface area contributed by atoms with Crippen LogP contribution in [0.1, 0.15) is 36.6 Å². The number of carbonyl (C=O) groups excluding carboxylic acids is 2. The molecule has 0 saturated carbocycles. The molecule has 0 unspecified atom stereocenters. The fraction of sp³-hybridized carbons (Fsp3) is 0.167. The van der Waals surface area contributed by atoms with Crippen LogP contribution >= 0.6 is 11.3 Å². The Kier molecular flexibility index (Phi) is 6.50. The van der Waals surface area contributed by atoms with Crippen molar-refractivity contribution in [3.05, 3.63) is 87.6 Å². The highest BCUT2D eigenvalue weighted by Crippen LogP contribution is 2.19. The number of nitrogens with one attached hydrogen (secondary N) is 1. The van der Waals surface area contributed by atoms with Crippen LogP contribution in [0, 0.1) is 13.8 Å². The minimum atomic E-state index is -0.470. The number of anilines is 1. The number of aromatic nitrogens is 3. The van der Waals surface area contributed by atoms with Crippen LogP contribution in [-0.4, -0.2) is 33.8 Å². The van der Waals surface area contributed by atoms with Crippen molar-refractivity contribution in [1.82, 2.24) is 14.8 Å². The number of hydrogen-bond acceptors (Lipinski definition) is 7. The monoisotopic (exact) mass is 462 g/mol. The fourth-order valence-corrected chi connectivity index (χ4v) is 3.94. The van der Waals surface area contributed by atoms with Crippen LogP contribution in [0.3, 0.4) is 0 Å². The Morgan fingerprint density at radius 1 is 0.939 bits per heavy atom. The first kappa shape index (κ1) is 22.2. The zero-order valence-corrected chi connectivity index (χ0v) is 19.2. The molecule has 1 amide bonds. The van der Waals surface area contributed by atoms with Gasteiger partial charge in [0.25, 0.3) is 5.91 Å². The van der Waals surface area contributed by atoms with Crippen molar-refractivity contribution in [2.75, 3.05) is 12.4 Å². The number of amides is 1. The van der Waals surface area contributed by atoms with Crippen LogP contribution in [0.2, 0.25) is 0 Å². The zero-order chi connectivity index (χ0) is 23.4. The molecule has 0 fully saturated rings. The maximum atomic E-state index is 12.4.